The molecule has 0 radical (unpaired) electrons. The van der Waals surface area contributed by atoms with E-state index in [0.717, 1.165) is 24.4 Å². The molecule has 2 aromatic heterocycles. The van der Waals surface area contributed by atoms with Crippen molar-refractivity contribution in [1.82, 2.24) is 20.2 Å². The van der Waals surface area contributed by atoms with Crippen molar-refractivity contribution in [2.24, 2.45) is 5.84 Å². The summed E-state index contributed by atoms with van der Waals surface area (Å²) in [7, 11) is 0. The number of nitrogens with zero attached hydrogens (tertiary/aromatic N) is 3. The molecule has 2 heterocycles. The number of nitrogens with two attached hydrogens (primary N) is 1. The van der Waals surface area contributed by atoms with Crippen molar-refractivity contribution in [1.29, 1.82) is 0 Å². The molecule has 0 aliphatic heterocycles. The highest BCUT2D eigenvalue weighted by Gasteiger charge is 2.17. The highest BCUT2D eigenvalue weighted by atomic mass is 35.5. The third kappa shape index (κ3) is 2.69. The molecule has 0 saturated heterocycles. The van der Waals surface area contributed by atoms with Crippen molar-refractivity contribution in [2.45, 2.75) is 25.9 Å². The Kier molecular flexibility index (Phi) is 4.30. The molecule has 18 heavy (non-hydrogen) atoms. The van der Waals surface area contributed by atoms with Crippen molar-refractivity contribution in [3.05, 3.63) is 47.0 Å². The molecule has 3 N–H and O–H groups in total. The first-order valence-corrected chi connectivity index (χ1v) is 6.23. The van der Waals surface area contributed by atoms with E-state index >= 15 is 0 Å². The fourth-order valence-electron chi connectivity index (χ4n) is 1.87. The zero-order valence-electron chi connectivity index (χ0n) is 10.2. The Morgan fingerprint density at radius 1 is 1.44 bits per heavy atom. The van der Waals surface area contributed by atoms with Gasteiger partial charge in [0.1, 0.15) is 6.04 Å². The maximum absolute atomic E-state index is 5.83. The average molecular weight is 266 g/mol. The van der Waals surface area contributed by atoms with Crippen LogP contribution in [0.5, 0.6) is 0 Å². The average Bonchev–Trinajstić information content (AvgIpc) is 2.82. The lowest BCUT2D eigenvalue weighted by atomic mass is 10.1. The van der Waals surface area contributed by atoms with Crippen LogP contribution in [0.2, 0.25) is 5.02 Å². The van der Waals surface area contributed by atoms with E-state index in [0.29, 0.717) is 5.02 Å². The zero-order valence-corrected chi connectivity index (χ0v) is 10.9. The smallest absolute Gasteiger partial charge is 0.105 e. The molecule has 0 saturated carbocycles. The van der Waals surface area contributed by atoms with E-state index in [9.17, 15) is 0 Å². The summed E-state index contributed by atoms with van der Waals surface area (Å²) >= 11 is 5.83. The Balaban J connectivity index is 2.32. The number of hydrogen-bond acceptors (Lipinski definition) is 4. The van der Waals surface area contributed by atoms with Gasteiger partial charge in [0.05, 0.1) is 16.4 Å². The number of hydrogen-bond donors (Lipinski definition) is 2. The van der Waals surface area contributed by atoms with Crippen LogP contribution >= 0.6 is 11.6 Å². The molecule has 0 aliphatic carbocycles. The van der Waals surface area contributed by atoms with Gasteiger partial charge in [0, 0.05) is 18.9 Å². The Morgan fingerprint density at radius 3 is 2.89 bits per heavy atom. The van der Waals surface area contributed by atoms with Crippen molar-refractivity contribution >= 4 is 11.6 Å². The molecule has 0 amide bonds. The third-order valence-corrected chi connectivity index (χ3v) is 2.92. The van der Waals surface area contributed by atoms with Crippen LogP contribution in [0, 0.1) is 0 Å². The molecule has 6 heteroatoms. The predicted octanol–water partition coefficient (Wildman–Crippen LogP) is 1.89. The summed E-state index contributed by atoms with van der Waals surface area (Å²) in [6, 6.07) is 5.41. The predicted molar refractivity (Wildman–Crippen MR) is 70.9 cm³/mol. The van der Waals surface area contributed by atoms with Gasteiger partial charge in [-0.05, 0) is 24.6 Å². The van der Waals surface area contributed by atoms with Crippen LogP contribution in [0.4, 0.5) is 0 Å². The lowest BCUT2D eigenvalue weighted by molar-refractivity contribution is 0.515. The maximum Gasteiger partial charge on any atom is 0.105 e. The SMILES string of the molecule is CCCn1nccc1C(NN)c1ccc(Cl)cn1. The van der Waals surface area contributed by atoms with Crippen LogP contribution in [0.25, 0.3) is 0 Å². The second-order valence-electron chi connectivity index (χ2n) is 3.98. The molecule has 0 spiro atoms. The highest BCUT2D eigenvalue weighted by molar-refractivity contribution is 6.30. The number of aromatic nitrogens is 3. The number of halogens is 1. The van der Waals surface area contributed by atoms with E-state index in [2.05, 4.69) is 22.4 Å². The van der Waals surface area contributed by atoms with Gasteiger partial charge in [-0.15, -0.1) is 0 Å². The molecule has 5 nitrogen and oxygen atoms in total. The van der Waals surface area contributed by atoms with Crippen molar-refractivity contribution in [3.8, 4) is 0 Å². The Morgan fingerprint density at radius 2 is 2.28 bits per heavy atom. The van der Waals surface area contributed by atoms with Crippen LogP contribution < -0.4 is 11.3 Å². The van der Waals surface area contributed by atoms with Gasteiger partial charge < -0.3 is 0 Å². The van der Waals surface area contributed by atoms with E-state index in [4.69, 9.17) is 17.4 Å². The number of nitrogens with one attached hydrogen (secondary N) is 1. The summed E-state index contributed by atoms with van der Waals surface area (Å²) in [5.41, 5.74) is 4.59. The minimum Gasteiger partial charge on any atom is -0.270 e. The van der Waals surface area contributed by atoms with Crippen LogP contribution in [0.1, 0.15) is 30.8 Å². The van der Waals surface area contributed by atoms with Crippen LogP contribution in [0.15, 0.2) is 30.6 Å². The van der Waals surface area contributed by atoms with Gasteiger partial charge in [0.25, 0.3) is 0 Å². The summed E-state index contributed by atoms with van der Waals surface area (Å²) in [4.78, 5) is 4.29. The van der Waals surface area contributed by atoms with E-state index in [1.54, 1.807) is 18.5 Å². The van der Waals surface area contributed by atoms with E-state index in [-0.39, 0.29) is 6.04 Å². The van der Waals surface area contributed by atoms with Gasteiger partial charge in [0.15, 0.2) is 0 Å². The Hall–Kier alpha value is -1.43. The quantitative estimate of drug-likeness (QED) is 0.640. The molecular formula is C12H16ClN5. The number of hydrazine groups is 1. The number of aryl methyl sites for hydroxylation is 1. The second kappa shape index (κ2) is 5.95. The van der Waals surface area contributed by atoms with Crippen LogP contribution in [-0.2, 0) is 6.54 Å². The minimum absolute atomic E-state index is 0.184. The van der Waals surface area contributed by atoms with Crippen LogP contribution in [-0.4, -0.2) is 14.8 Å². The molecule has 2 rings (SSSR count). The summed E-state index contributed by atoms with van der Waals surface area (Å²) in [6.07, 6.45) is 4.40. The topological polar surface area (TPSA) is 68.8 Å². The summed E-state index contributed by atoms with van der Waals surface area (Å²) < 4.78 is 1.93. The normalized spacial score (nSPS) is 12.6. The lowest BCUT2D eigenvalue weighted by Gasteiger charge is -2.17. The molecule has 1 unspecified atom stereocenters. The monoisotopic (exact) mass is 265 g/mol. The summed E-state index contributed by atoms with van der Waals surface area (Å²) in [5, 5.41) is 4.89. The lowest BCUT2D eigenvalue weighted by Crippen LogP contribution is -2.31. The summed E-state index contributed by atoms with van der Waals surface area (Å²) in [5.74, 6) is 5.64. The third-order valence-electron chi connectivity index (χ3n) is 2.69. The van der Waals surface area contributed by atoms with E-state index in [1.807, 2.05) is 16.8 Å². The van der Waals surface area contributed by atoms with Crippen molar-refractivity contribution in [3.63, 3.8) is 0 Å². The molecule has 96 valence electrons. The fraction of sp³-hybridized carbons (Fsp3) is 0.333. The molecule has 1 atom stereocenters. The molecule has 0 bridgehead atoms. The molecule has 0 aliphatic rings. The summed E-state index contributed by atoms with van der Waals surface area (Å²) in [6.45, 7) is 2.96. The first-order valence-electron chi connectivity index (χ1n) is 5.85. The van der Waals surface area contributed by atoms with Gasteiger partial charge >= 0.3 is 0 Å². The van der Waals surface area contributed by atoms with Crippen molar-refractivity contribution in [2.75, 3.05) is 0 Å². The molecular weight excluding hydrogens is 250 g/mol. The maximum atomic E-state index is 5.83. The van der Waals surface area contributed by atoms with Gasteiger partial charge in [-0.1, -0.05) is 18.5 Å². The molecule has 0 aromatic carbocycles. The second-order valence-corrected chi connectivity index (χ2v) is 4.42. The van der Waals surface area contributed by atoms with Gasteiger partial charge in [0.2, 0.25) is 0 Å². The number of rotatable bonds is 5. The zero-order chi connectivity index (χ0) is 13.0. The highest BCUT2D eigenvalue weighted by Crippen LogP contribution is 2.20. The number of pyridine rings is 1. The van der Waals surface area contributed by atoms with Gasteiger partial charge in [-0.2, -0.15) is 5.10 Å². The van der Waals surface area contributed by atoms with E-state index < -0.39 is 0 Å². The standard InChI is InChI=1S/C12H16ClN5/c1-2-7-18-11(5-6-16-18)12(17-14)10-4-3-9(13)8-15-10/h3-6,8,12,17H,2,7,14H2,1H3. The largest absolute Gasteiger partial charge is 0.270 e. The van der Waals surface area contributed by atoms with Gasteiger partial charge in [-0.25, -0.2) is 5.43 Å². The Bertz CT molecular complexity index is 493. The Labute approximate surface area is 111 Å². The molecule has 0 fully saturated rings. The van der Waals surface area contributed by atoms with Crippen molar-refractivity contribution < 1.29 is 0 Å². The van der Waals surface area contributed by atoms with Crippen LogP contribution in [0.3, 0.4) is 0 Å². The molecule has 2 aromatic rings. The fourth-order valence-corrected chi connectivity index (χ4v) is 1.98. The minimum atomic E-state index is -0.184. The first-order chi connectivity index (χ1) is 8.76. The van der Waals surface area contributed by atoms with E-state index in [1.165, 1.54) is 0 Å². The van der Waals surface area contributed by atoms with Gasteiger partial charge in [-0.3, -0.25) is 15.5 Å². The first kappa shape index (κ1) is 13.0.